The van der Waals surface area contributed by atoms with E-state index in [0.29, 0.717) is 12.4 Å². The van der Waals surface area contributed by atoms with Gasteiger partial charge in [0.15, 0.2) is 0 Å². The number of nitrogens with zero attached hydrogens (tertiary/aromatic N) is 2. The lowest BCUT2D eigenvalue weighted by Gasteiger charge is -2.10. The van der Waals surface area contributed by atoms with Gasteiger partial charge in [0.25, 0.3) is 0 Å². The first-order chi connectivity index (χ1) is 12.5. The van der Waals surface area contributed by atoms with Crippen molar-refractivity contribution in [2.45, 2.75) is 31.4 Å². The zero-order chi connectivity index (χ0) is 18.5. The highest BCUT2D eigenvalue weighted by Crippen LogP contribution is 2.17. The lowest BCUT2D eigenvalue weighted by atomic mass is 10.1. The third kappa shape index (κ3) is 4.64. The van der Waals surface area contributed by atoms with Gasteiger partial charge in [0, 0.05) is 21.2 Å². The van der Waals surface area contributed by atoms with Crippen molar-refractivity contribution in [3.63, 3.8) is 0 Å². The molecule has 6 nitrogen and oxygen atoms in total. The molecule has 3 aromatic rings. The molecule has 1 N–H and O–H groups in total. The molecule has 0 saturated heterocycles. The van der Waals surface area contributed by atoms with Gasteiger partial charge < -0.3 is 9.84 Å². The van der Waals surface area contributed by atoms with E-state index >= 15 is 0 Å². The zero-order valence-electron chi connectivity index (χ0n) is 14.5. The molecule has 0 saturated carbocycles. The number of rotatable bonds is 7. The molecule has 2 aromatic heterocycles. The van der Waals surface area contributed by atoms with Crippen LogP contribution in [0.5, 0.6) is 0 Å². The van der Waals surface area contributed by atoms with Crippen LogP contribution in [-0.2, 0) is 27.9 Å². The molecule has 136 valence electrons. The van der Waals surface area contributed by atoms with Gasteiger partial charge in [-0.2, -0.15) is 4.98 Å². The van der Waals surface area contributed by atoms with Crippen LogP contribution in [0.2, 0.25) is 0 Å². The maximum absolute atomic E-state index is 12.4. The second kappa shape index (κ2) is 8.37. The van der Waals surface area contributed by atoms with Crippen molar-refractivity contribution in [1.82, 2.24) is 15.5 Å². The van der Waals surface area contributed by atoms with Crippen LogP contribution >= 0.6 is 11.3 Å². The van der Waals surface area contributed by atoms with Crippen LogP contribution < -0.4 is 5.32 Å². The second-order valence-electron chi connectivity index (χ2n) is 5.84. The Hall–Kier alpha value is -2.32. The number of nitrogens with one attached hydrogen (secondary N) is 1. The Morgan fingerprint density at radius 3 is 2.77 bits per heavy atom. The highest BCUT2D eigenvalue weighted by atomic mass is 32.2. The monoisotopic (exact) mass is 389 g/mol. The second-order valence-corrected chi connectivity index (χ2v) is 8.63. The number of hydrogen-bond donors (Lipinski definition) is 1. The Balaban J connectivity index is 1.57. The number of aryl methyl sites for hydroxylation is 1. The van der Waals surface area contributed by atoms with E-state index in [-0.39, 0.29) is 17.6 Å². The summed E-state index contributed by atoms with van der Waals surface area (Å²) in [4.78, 5) is 17.5. The van der Waals surface area contributed by atoms with Crippen molar-refractivity contribution < 1.29 is 13.5 Å². The van der Waals surface area contributed by atoms with Crippen LogP contribution in [0.25, 0.3) is 11.4 Å². The van der Waals surface area contributed by atoms with Crippen molar-refractivity contribution in [3.8, 4) is 11.4 Å². The molecule has 26 heavy (non-hydrogen) atoms. The van der Waals surface area contributed by atoms with Gasteiger partial charge in [-0.25, -0.2) is 0 Å². The molecular weight excluding hydrogens is 370 g/mol. The maximum atomic E-state index is 12.4. The zero-order valence-corrected chi connectivity index (χ0v) is 16.1. The molecular formula is C18H19N3O3S2. The minimum Gasteiger partial charge on any atom is -0.350 e. The van der Waals surface area contributed by atoms with Gasteiger partial charge in [-0.3, -0.25) is 9.00 Å². The molecule has 0 bridgehead atoms. The number of hydrogen-bond acceptors (Lipinski definition) is 6. The summed E-state index contributed by atoms with van der Waals surface area (Å²) in [7, 11) is -1.45. The molecule has 0 radical (unpaired) electrons. The molecule has 3 rings (SSSR count). The van der Waals surface area contributed by atoms with E-state index in [4.69, 9.17) is 4.52 Å². The summed E-state index contributed by atoms with van der Waals surface area (Å²) in [6.07, 6.45) is 0. The smallest absolute Gasteiger partial charge is 0.239 e. The summed E-state index contributed by atoms with van der Waals surface area (Å²) in [6, 6.07) is 11.6. The lowest BCUT2D eigenvalue weighted by molar-refractivity contribution is -0.120. The Morgan fingerprint density at radius 1 is 1.31 bits per heavy atom. The number of thiophene rings is 1. The predicted molar refractivity (Wildman–Crippen MR) is 102 cm³/mol. The number of aromatic nitrogens is 2. The van der Waals surface area contributed by atoms with Crippen LogP contribution in [-0.4, -0.2) is 25.5 Å². The fourth-order valence-corrected chi connectivity index (χ4v) is 3.81. The molecule has 1 aromatic carbocycles. The van der Waals surface area contributed by atoms with E-state index in [2.05, 4.69) is 15.5 Å². The van der Waals surface area contributed by atoms with Crippen molar-refractivity contribution in [3.05, 3.63) is 58.1 Å². The van der Waals surface area contributed by atoms with Gasteiger partial charge >= 0.3 is 0 Å². The van der Waals surface area contributed by atoms with Crippen molar-refractivity contribution in [2.75, 3.05) is 0 Å². The first-order valence-corrected chi connectivity index (χ1v) is 10.4. The van der Waals surface area contributed by atoms with E-state index in [9.17, 15) is 9.00 Å². The van der Waals surface area contributed by atoms with Crippen molar-refractivity contribution in [1.29, 1.82) is 0 Å². The summed E-state index contributed by atoms with van der Waals surface area (Å²) in [5.74, 6) is 0.505. The fraction of sp³-hybridized carbons (Fsp3) is 0.278. The first-order valence-electron chi connectivity index (χ1n) is 8.10. The third-order valence-electron chi connectivity index (χ3n) is 3.82. The SMILES string of the molecule is Cc1ccc(-c2noc(CS(=O)C(C)C(=O)NCc3cccs3)n2)cc1. The quantitative estimate of drug-likeness (QED) is 0.671. The summed E-state index contributed by atoms with van der Waals surface area (Å²) in [5.41, 5.74) is 1.97. The molecule has 8 heteroatoms. The van der Waals surface area contributed by atoms with Crippen LogP contribution in [0.4, 0.5) is 0 Å². The Labute approximate surface area is 158 Å². The van der Waals surface area contributed by atoms with Gasteiger partial charge in [-0.15, -0.1) is 11.3 Å². The highest BCUT2D eigenvalue weighted by molar-refractivity contribution is 7.85. The Bertz CT molecular complexity index is 889. The lowest BCUT2D eigenvalue weighted by Crippen LogP contribution is -2.35. The fourth-order valence-electron chi connectivity index (χ4n) is 2.23. The molecule has 0 aliphatic heterocycles. The van der Waals surface area contributed by atoms with Crippen molar-refractivity contribution in [2.24, 2.45) is 0 Å². The third-order valence-corrected chi connectivity index (χ3v) is 6.23. The largest absolute Gasteiger partial charge is 0.350 e. The topological polar surface area (TPSA) is 85.1 Å². The summed E-state index contributed by atoms with van der Waals surface area (Å²) >= 11 is 1.57. The van der Waals surface area contributed by atoms with Crippen LogP contribution in [0.1, 0.15) is 23.3 Å². The summed E-state index contributed by atoms with van der Waals surface area (Å²) < 4.78 is 17.6. The minimum absolute atomic E-state index is 0.0481. The van der Waals surface area contributed by atoms with Crippen molar-refractivity contribution >= 4 is 28.0 Å². The van der Waals surface area contributed by atoms with E-state index in [1.54, 1.807) is 18.3 Å². The summed E-state index contributed by atoms with van der Waals surface area (Å²) in [6.45, 7) is 4.08. The van der Waals surface area contributed by atoms with Crippen LogP contribution in [0.15, 0.2) is 46.3 Å². The molecule has 0 fully saturated rings. The number of carbonyl (C=O) groups is 1. The van der Waals surface area contributed by atoms with E-state index < -0.39 is 16.0 Å². The molecule has 2 unspecified atom stereocenters. The molecule has 0 aliphatic rings. The molecule has 0 aliphatic carbocycles. The standard InChI is InChI=1S/C18H19N3O3S2/c1-12-5-7-14(8-6-12)17-20-16(24-21-17)11-26(23)13(2)18(22)19-10-15-4-3-9-25-15/h3-9,13H,10-11H2,1-2H3,(H,19,22). The van der Waals surface area contributed by atoms with E-state index in [0.717, 1.165) is 16.0 Å². The normalized spacial score (nSPS) is 13.3. The Kier molecular flexibility index (Phi) is 5.95. The van der Waals surface area contributed by atoms with Gasteiger partial charge in [0.2, 0.25) is 17.6 Å². The molecule has 1 amide bonds. The Morgan fingerprint density at radius 2 is 2.08 bits per heavy atom. The van der Waals surface area contributed by atoms with Gasteiger partial charge in [0.1, 0.15) is 11.0 Å². The molecule has 2 heterocycles. The average molecular weight is 390 g/mol. The molecule has 2 atom stereocenters. The molecule has 0 spiro atoms. The predicted octanol–water partition coefficient (Wildman–Crippen LogP) is 3.06. The first kappa shape index (κ1) is 18.5. The highest BCUT2D eigenvalue weighted by Gasteiger charge is 2.22. The van der Waals surface area contributed by atoms with Gasteiger partial charge in [-0.1, -0.05) is 41.1 Å². The van der Waals surface area contributed by atoms with Crippen LogP contribution in [0, 0.1) is 6.92 Å². The van der Waals surface area contributed by atoms with Gasteiger partial charge in [-0.05, 0) is 25.3 Å². The van der Waals surface area contributed by atoms with Gasteiger partial charge in [0.05, 0.1) is 6.54 Å². The average Bonchev–Trinajstić information content (AvgIpc) is 3.31. The number of carbonyl (C=O) groups excluding carboxylic acids is 1. The number of benzene rings is 1. The van der Waals surface area contributed by atoms with E-state index in [1.165, 1.54) is 0 Å². The van der Waals surface area contributed by atoms with Crippen LogP contribution in [0.3, 0.4) is 0 Å². The summed E-state index contributed by atoms with van der Waals surface area (Å²) in [5, 5.41) is 8.01. The van der Waals surface area contributed by atoms with E-state index in [1.807, 2.05) is 48.7 Å². The minimum atomic E-state index is -1.45. The number of amides is 1. The maximum Gasteiger partial charge on any atom is 0.239 e.